The summed E-state index contributed by atoms with van der Waals surface area (Å²) >= 11 is 0. The number of hydrogen-bond donors (Lipinski definition) is 2. The van der Waals surface area contributed by atoms with E-state index >= 15 is 0 Å². The molecule has 3 N–H and O–H groups in total. The van der Waals surface area contributed by atoms with Gasteiger partial charge < -0.3 is 15.8 Å². The third-order valence-corrected chi connectivity index (χ3v) is 3.59. The molecule has 0 aliphatic carbocycles. The molecule has 1 aromatic rings. The van der Waals surface area contributed by atoms with Crippen LogP contribution in [0.2, 0.25) is 0 Å². The van der Waals surface area contributed by atoms with Crippen LogP contribution in [0.5, 0.6) is 0 Å². The zero-order chi connectivity index (χ0) is 13.5. The Morgan fingerprint density at radius 3 is 2.95 bits per heavy atom. The first-order valence-electron chi connectivity index (χ1n) is 6.20. The van der Waals surface area contributed by atoms with Crippen molar-refractivity contribution in [3.05, 3.63) is 29.8 Å². The predicted octanol–water partition coefficient (Wildman–Crippen LogP) is 0.361. The van der Waals surface area contributed by atoms with Gasteiger partial charge in [0.05, 0.1) is 12.3 Å². The van der Waals surface area contributed by atoms with E-state index in [1.165, 1.54) is 4.90 Å². The molecule has 1 atom stereocenters. The third kappa shape index (κ3) is 1.80. The predicted molar refractivity (Wildman–Crippen MR) is 68.5 cm³/mol. The third-order valence-electron chi connectivity index (χ3n) is 3.59. The van der Waals surface area contributed by atoms with E-state index in [1.807, 2.05) is 6.07 Å². The quantitative estimate of drug-likeness (QED) is 0.753. The smallest absolute Gasteiger partial charge is 0.329 e. The second-order valence-electron chi connectivity index (χ2n) is 4.83. The fourth-order valence-electron chi connectivity index (χ4n) is 2.51. The zero-order valence-corrected chi connectivity index (χ0v) is 10.4. The van der Waals surface area contributed by atoms with Crippen molar-refractivity contribution in [2.24, 2.45) is 5.73 Å². The Balaban J connectivity index is 1.96. The van der Waals surface area contributed by atoms with E-state index in [1.54, 1.807) is 18.2 Å². The Morgan fingerprint density at radius 2 is 2.26 bits per heavy atom. The number of carbonyl (C=O) groups is 2. The summed E-state index contributed by atoms with van der Waals surface area (Å²) in [5, 5.41) is 2.75. The van der Waals surface area contributed by atoms with Crippen molar-refractivity contribution < 1.29 is 14.3 Å². The summed E-state index contributed by atoms with van der Waals surface area (Å²) in [4.78, 5) is 25.7. The van der Waals surface area contributed by atoms with Gasteiger partial charge in [0.25, 0.3) is 5.91 Å². The summed E-state index contributed by atoms with van der Waals surface area (Å²) in [5.74, 6) is -0.246. The number of rotatable bonds is 2. The van der Waals surface area contributed by atoms with E-state index in [9.17, 15) is 9.59 Å². The molecule has 0 saturated carbocycles. The Labute approximate surface area is 110 Å². The summed E-state index contributed by atoms with van der Waals surface area (Å²) in [6.45, 7) is 1.10. The molecule has 1 spiro atoms. The Morgan fingerprint density at radius 1 is 1.42 bits per heavy atom. The van der Waals surface area contributed by atoms with Gasteiger partial charge in [-0.3, -0.25) is 4.79 Å². The lowest BCUT2D eigenvalue weighted by Crippen LogP contribution is -2.47. The van der Waals surface area contributed by atoms with E-state index < -0.39 is 11.6 Å². The lowest BCUT2D eigenvalue weighted by atomic mass is 9.99. The molecule has 1 unspecified atom stereocenters. The van der Waals surface area contributed by atoms with Gasteiger partial charge >= 0.3 is 6.03 Å². The van der Waals surface area contributed by atoms with Crippen molar-refractivity contribution in [3.63, 3.8) is 0 Å². The lowest BCUT2D eigenvalue weighted by molar-refractivity contribution is -0.122. The number of benzene rings is 1. The van der Waals surface area contributed by atoms with Gasteiger partial charge in [-0.05, 0) is 17.7 Å². The Bertz CT molecular complexity index is 538. The van der Waals surface area contributed by atoms with Gasteiger partial charge in [0, 0.05) is 19.6 Å². The van der Waals surface area contributed by atoms with Gasteiger partial charge in [-0.2, -0.15) is 0 Å². The topological polar surface area (TPSA) is 84.7 Å². The van der Waals surface area contributed by atoms with Crippen LogP contribution in [0.25, 0.3) is 0 Å². The molecule has 1 aromatic carbocycles. The van der Waals surface area contributed by atoms with Crippen LogP contribution in [0.1, 0.15) is 12.0 Å². The number of hydrogen-bond acceptors (Lipinski definition) is 4. The highest BCUT2D eigenvalue weighted by Crippen LogP contribution is 2.30. The molecule has 2 heterocycles. The summed E-state index contributed by atoms with van der Waals surface area (Å²) in [5.41, 5.74) is 6.13. The minimum Gasteiger partial charge on any atom is -0.378 e. The second kappa shape index (κ2) is 4.32. The van der Waals surface area contributed by atoms with E-state index in [0.717, 1.165) is 5.56 Å². The summed E-state index contributed by atoms with van der Waals surface area (Å²) < 4.78 is 5.25. The number of urea groups is 1. The van der Waals surface area contributed by atoms with Crippen LogP contribution in [0.4, 0.5) is 10.5 Å². The maximum Gasteiger partial charge on any atom is 0.329 e. The minimum atomic E-state index is -0.879. The Hall–Kier alpha value is -1.92. The van der Waals surface area contributed by atoms with Crippen LogP contribution < -0.4 is 16.0 Å². The number of nitrogens with two attached hydrogens (primary N) is 1. The van der Waals surface area contributed by atoms with Gasteiger partial charge in [0.1, 0.15) is 5.54 Å². The molecule has 100 valence electrons. The molecule has 2 saturated heterocycles. The van der Waals surface area contributed by atoms with Crippen LogP contribution in [0.3, 0.4) is 0 Å². The molecule has 0 radical (unpaired) electrons. The van der Waals surface area contributed by atoms with Crippen LogP contribution in [0.15, 0.2) is 24.3 Å². The van der Waals surface area contributed by atoms with Gasteiger partial charge in [-0.15, -0.1) is 0 Å². The van der Waals surface area contributed by atoms with Crippen LogP contribution in [-0.2, 0) is 16.1 Å². The fraction of sp³-hybridized carbons (Fsp3) is 0.385. The van der Waals surface area contributed by atoms with Crippen molar-refractivity contribution in [2.75, 3.05) is 18.1 Å². The number of imide groups is 1. The van der Waals surface area contributed by atoms with Crippen molar-refractivity contribution in [1.29, 1.82) is 0 Å². The van der Waals surface area contributed by atoms with E-state index in [4.69, 9.17) is 10.5 Å². The molecule has 3 amide bonds. The molecule has 6 nitrogen and oxygen atoms in total. The minimum absolute atomic E-state index is 0.241. The van der Waals surface area contributed by atoms with Crippen molar-refractivity contribution in [3.8, 4) is 0 Å². The van der Waals surface area contributed by atoms with Crippen molar-refractivity contribution in [2.45, 2.75) is 18.5 Å². The first-order valence-corrected chi connectivity index (χ1v) is 6.20. The average Bonchev–Trinajstić information content (AvgIpc) is 2.97. The molecule has 2 fully saturated rings. The van der Waals surface area contributed by atoms with Crippen molar-refractivity contribution in [1.82, 2.24) is 5.32 Å². The summed E-state index contributed by atoms with van der Waals surface area (Å²) in [7, 11) is 0. The second-order valence-corrected chi connectivity index (χ2v) is 4.83. The maximum absolute atomic E-state index is 12.5. The van der Waals surface area contributed by atoms with Crippen molar-refractivity contribution >= 4 is 17.6 Å². The number of nitrogens with one attached hydrogen (secondary N) is 1. The SMILES string of the molecule is NCc1cccc(N2C(=O)NC3(CCOC3)C2=O)c1. The fourth-order valence-corrected chi connectivity index (χ4v) is 2.51. The molecular weight excluding hydrogens is 246 g/mol. The standard InChI is InChI=1S/C13H15N3O3/c14-7-9-2-1-3-10(6-9)16-11(17)13(15-12(16)18)4-5-19-8-13/h1-3,6H,4-5,7-8,14H2,(H,15,18). The van der Waals surface area contributed by atoms with Gasteiger partial charge in [-0.1, -0.05) is 12.1 Å². The number of amides is 3. The van der Waals surface area contributed by atoms with Gasteiger partial charge in [-0.25, -0.2) is 9.69 Å². The highest BCUT2D eigenvalue weighted by atomic mass is 16.5. The van der Waals surface area contributed by atoms with Crippen LogP contribution in [0, 0.1) is 0 Å². The molecule has 0 bridgehead atoms. The first-order chi connectivity index (χ1) is 9.16. The summed E-state index contributed by atoms with van der Waals surface area (Å²) in [6.07, 6.45) is 0.519. The molecule has 6 heteroatoms. The molecule has 19 heavy (non-hydrogen) atoms. The molecule has 0 aromatic heterocycles. The van der Waals surface area contributed by atoms with E-state index in [0.29, 0.717) is 25.3 Å². The van der Waals surface area contributed by atoms with E-state index in [2.05, 4.69) is 5.32 Å². The Kier molecular flexibility index (Phi) is 2.76. The largest absolute Gasteiger partial charge is 0.378 e. The number of nitrogens with zero attached hydrogens (tertiary/aromatic N) is 1. The average molecular weight is 261 g/mol. The van der Waals surface area contributed by atoms with Crippen LogP contribution in [-0.4, -0.2) is 30.7 Å². The molecular formula is C13H15N3O3. The zero-order valence-electron chi connectivity index (χ0n) is 10.4. The summed E-state index contributed by atoms with van der Waals surface area (Å²) in [6, 6.07) is 6.73. The monoisotopic (exact) mass is 261 g/mol. The maximum atomic E-state index is 12.5. The highest BCUT2D eigenvalue weighted by Gasteiger charge is 2.53. The van der Waals surface area contributed by atoms with Gasteiger partial charge in [0.15, 0.2) is 0 Å². The normalized spacial score (nSPS) is 26.3. The number of anilines is 1. The molecule has 3 rings (SSSR count). The lowest BCUT2D eigenvalue weighted by Gasteiger charge is -2.18. The number of carbonyl (C=O) groups excluding carboxylic acids is 2. The van der Waals surface area contributed by atoms with Gasteiger partial charge in [0.2, 0.25) is 0 Å². The van der Waals surface area contributed by atoms with Crippen LogP contribution >= 0.6 is 0 Å². The first kappa shape index (κ1) is 12.1. The molecule has 2 aliphatic rings. The molecule has 2 aliphatic heterocycles. The van der Waals surface area contributed by atoms with E-state index in [-0.39, 0.29) is 12.5 Å². The number of ether oxygens (including phenoxy) is 1. The highest BCUT2D eigenvalue weighted by molar-refractivity contribution is 6.23.